The standard InChI is InChI=1S/C16H25NO/c1-5-18-15-11-14(16(15,3)4)17-12(2)13-9-7-6-8-10-13/h6-10,12,14-15,17H,5,11H2,1-4H3/t12-,14?,15?/m0/s1. The lowest BCUT2D eigenvalue weighted by Gasteiger charge is -2.52. The number of ether oxygens (including phenoxy) is 1. The van der Waals surface area contributed by atoms with Crippen molar-refractivity contribution in [3.63, 3.8) is 0 Å². The molecule has 18 heavy (non-hydrogen) atoms. The summed E-state index contributed by atoms with van der Waals surface area (Å²) in [5.41, 5.74) is 1.59. The van der Waals surface area contributed by atoms with Crippen LogP contribution in [0.15, 0.2) is 30.3 Å². The Bertz CT molecular complexity index is 374. The molecule has 1 aliphatic carbocycles. The molecular formula is C16H25NO. The summed E-state index contributed by atoms with van der Waals surface area (Å²) in [5.74, 6) is 0. The molecule has 2 unspecified atom stereocenters. The first-order chi connectivity index (χ1) is 8.55. The predicted octanol–water partition coefficient (Wildman–Crippen LogP) is 3.54. The number of benzene rings is 1. The van der Waals surface area contributed by atoms with Crippen LogP contribution in [0.25, 0.3) is 0 Å². The van der Waals surface area contributed by atoms with Crippen LogP contribution in [0.4, 0.5) is 0 Å². The van der Waals surface area contributed by atoms with Crippen LogP contribution >= 0.6 is 0 Å². The van der Waals surface area contributed by atoms with E-state index in [9.17, 15) is 0 Å². The third-order valence-corrected chi connectivity index (χ3v) is 4.30. The Kier molecular flexibility index (Phi) is 4.08. The summed E-state index contributed by atoms with van der Waals surface area (Å²) < 4.78 is 5.77. The summed E-state index contributed by atoms with van der Waals surface area (Å²) >= 11 is 0. The van der Waals surface area contributed by atoms with Crippen molar-refractivity contribution in [1.29, 1.82) is 0 Å². The average Bonchev–Trinajstić information content (AvgIpc) is 2.38. The summed E-state index contributed by atoms with van der Waals surface area (Å²) in [6.45, 7) is 9.72. The van der Waals surface area contributed by atoms with Gasteiger partial charge < -0.3 is 10.1 Å². The normalized spacial score (nSPS) is 27.6. The van der Waals surface area contributed by atoms with Crippen molar-refractivity contribution >= 4 is 0 Å². The average molecular weight is 247 g/mol. The van der Waals surface area contributed by atoms with Gasteiger partial charge in [-0.2, -0.15) is 0 Å². The zero-order valence-electron chi connectivity index (χ0n) is 11.9. The molecule has 1 N–H and O–H groups in total. The summed E-state index contributed by atoms with van der Waals surface area (Å²) in [4.78, 5) is 0. The summed E-state index contributed by atoms with van der Waals surface area (Å²) in [7, 11) is 0. The van der Waals surface area contributed by atoms with Gasteiger partial charge in [-0.1, -0.05) is 44.2 Å². The largest absolute Gasteiger partial charge is 0.378 e. The molecule has 100 valence electrons. The van der Waals surface area contributed by atoms with E-state index in [1.807, 2.05) is 0 Å². The minimum Gasteiger partial charge on any atom is -0.378 e. The maximum atomic E-state index is 5.77. The number of nitrogens with one attached hydrogen (secondary N) is 1. The molecule has 0 heterocycles. The zero-order valence-corrected chi connectivity index (χ0v) is 11.9. The molecule has 3 atom stereocenters. The van der Waals surface area contributed by atoms with Crippen molar-refractivity contribution in [2.24, 2.45) is 5.41 Å². The van der Waals surface area contributed by atoms with E-state index in [0.717, 1.165) is 13.0 Å². The second kappa shape index (κ2) is 5.41. The lowest BCUT2D eigenvalue weighted by atomic mass is 9.64. The second-order valence-electron chi connectivity index (χ2n) is 5.85. The second-order valence-corrected chi connectivity index (χ2v) is 5.85. The fraction of sp³-hybridized carbons (Fsp3) is 0.625. The first-order valence-corrected chi connectivity index (χ1v) is 6.98. The number of hydrogen-bond acceptors (Lipinski definition) is 2. The molecule has 1 aromatic carbocycles. The smallest absolute Gasteiger partial charge is 0.0655 e. The van der Waals surface area contributed by atoms with E-state index >= 15 is 0 Å². The molecule has 1 fully saturated rings. The van der Waals surface area contributed by atoms with E-state index in [0.29, 0.717) is 18.2 Å². The quantitative estimate of drug-likeness (QED) is 0.859. The highest BCUT2D eigenvalue weighted by Gasteiger charge is 2.48. The van der Waals surface area contributed by atoms with Crippen LogP contribution in [0, 0.1) is 5.41 Å². The van der Waals surface area contributed by atoms with Gasteiger partial charge in [0.1, 0.15) is 0 Å². The predicted molar refractivity (Wildman–Crippen MR) is 75.6 cm³/mol. The summed E-state index contributed by atoms with van der Waals surface area (Å²) in [6.07, 6.45) is 1.53. The zero-order chi connectivity index (χ0) is 13.2. The van der Waals surface area contributed by atoms with Crippen molar-refractivity contribution in [3.05, 3.63) is 35.9 Å². The lowest BCUT2D eigenvalue weighted by molar-refractivity contribution is -0.116. The molecular weight excluding hydrogens is 222 g/mol. The van der Waals surface area contributed by atoms with Gasteiger partial charge in [-0.15, -0.1) is 0 Å². The Morgan fingerprint density at radius 1 is 1.33 bits per heavy atom. The van der Waals surface area contributed by atoms with Crippen LogP contribution < -0.4 is 5.32 Å². The first kappa shape index (κ1) is 13.6. The number of hydrogen-bond donors (Lipinski definition) is 1. The van der Waals surface area contributed by atoms with Gasteiger partial charge in [-0.05, 0) is 25.8 Å². The van der Waals surface area contributed by atoms with Gasteiger partial charge in [0.15, 0.2) is 0 Å². The fourth-order valence-electron chi connectivity index (χ4n) is 2.79. The van der Waals surface area contributed by atoms with Gasteiger partial charge in [0.25, 0.3) is 0 Å². The molecule has 1 aliphatic rings. The van der Waals surface area contributed by atoms with Gasteiger partial charge >= 0.3 is 0 Å². The highest BCUT2D eigenvalue weighted by Crippen LogP contribution is 2.43. The van der Waals surface area contributed by atoms with E-state index in [1.54, 1.807) is 0 Å². The minimum atomic E-state index is 0.235. The van der Waals surface area contributed by atoms with Crippen molar-refractivity contribution < 1.29 is 4.74 Å². The molecule has 0 spiro atoms. The maximum absolute atomic E-state index is 5.77. The number of rotatable bonds is 5. The maximum Gasteiger partial charge on any atom is 0.0655 e. The molecule has 0 aromatic heterocycles. The molecule has 0 saturated heterocycles. The molecule has 2 heteroatoms. The van der Waals surface area contributed by atoms with E-state index in [-0.39, 0.29) is 5.41 Å². The highest BCUT2D eigenvalue weighted by atomic mass is 16.5. The van der Waals surface area contributed by atoms with Gasteiger partial charge in [-0.25, -0.2) is 0 Å². The van der Waals surface area contributed by atoms with E-state index in [2.05, 4.69) is 63.3 Å². The Balaban J connectivity index is 1.92. The third-order valence-electron chi connectivity index (χ3n) is 4.30. The molecule has 1 saturated carbocycles. The Hall–Kier alpha value is -0.860. The molecule has 0 amide bonds. The third kappa shape index (κ3) is 2.60. The molecule has 2 nitrogen and oxygen atoms in total. The monoisotopic (exact) mass is 247 g/mol. The lowest BCUT2D eigenvalue weighted by Crippen LogP contribution is -2.61. The topological polar surface area (TPSA) is 21.3 Å². The molecule has 1 aromatic rings. The Labute approximate surface area is 111 Å². The van der Waals surface area contributed by atoms with Crippen LogP contribution in [-0.4, -0.2) is 18.8 Å². The Morgan fingerprint density at radius 2 is 2.00 bits per heavy atom. The van der Waals surface area contributed by atoms with Crippen LogP contribution in [0.2, 0.25) is 0 Å². The highest BCUT2D eigenvalue weighted by molar-refractivity contribution is 5.19. The van der Waals surface area contributed by atoms with Crippen LogP contribution in [0.5, 0.6) is 0 Å². The van der Waals surface area contributed by atoms with Gasteiger partial charge in [-0.3, -0.25) is 0 Å². The van der Waals surface area contributed by atoms with Crippen molar-refractivity contribution in [1.82, 2.24) is 5.32 Å². The Morgan fingerprint density at radius 3 is 2.56 bits per heavy atom. The molecule has 2 rings (SSSR count). The molecule has 0 bridgehead atoms. The van der Waals surface area contributed by atoms with Crippen LogP contribution in [0.1, 0.15) is 45.7 Å². The summed E-state index contributed by atoms with van der Waals surface area (Å²) in [5, 5.41) is 3.73. The minimum absolute atomic E-state index is 0.235. The van der Waals surface area contributed by atoms with Crippen molar-refractivity contribution in [3.8, 4) is 0 Å². The summed E-state index contributed by atoms with van der Waals surface area (Å²) in [6, 6.07) is 11.6. The van der Waals surface area contributed by atoms with Crippen molar-refractivity contribution in [2.45, 2.75) is 52.3 Å². The molecule has 0 radical (unpaired) electrons. The van der Waals surface area contributed by atoms with Gasteiger partial charge in [0, 0.05) is 24.1 Å². The molecule has 0 aliphatic heterocycles. The van der Waals surface area contributed by atoms with Gasteiger partial charge in [0.2, 0.25) is 0 Å². The van der Waals surface area contributed by atoms with Crippen LogP contribution in [0.3, 0.4) is 0 Å². The van der Waals surface area contributed by atoms with Crippen LogP contribution in [-0.2, 0) is 4.74 Å². The van der Waals surface area contributed by atoms with Crippen molar-refractivity contribution in [2.75, 3.05) is 6.61 Å². The van der Waals surface area contributed by atoms with E-state index in [1.165, 1.54) is 5.56 Å². The fourth-order valence-corrected chi connectivity index (χ4v) is 2.79. The first-order valence-electron chi connectivity index (χ1n) is 6.98. The van der Waals surface area contributed by atoms with E-state index < -0.39 is 0 Å². The SMILES string of the molecule is CCOC1CC(N[C@@H](C)c2ccccc2)C1(C)C. The van der Waals surface area contributed by atoms with E-state index in [4.69, 9.17) is 4.74 Å². The van der Waals surface area contributed by atoms with Gasteiger partial charge in [0.05, 0.1) is 6.10 Å².